The normalized spacial score (nSPS) is 10.5. The summed E-state index contributed by atoms with van der Waals surface area (Å²) in [5.74, 6) is 0.904. The molecule has 104 valence electrons. The van der Waals surface area contributed by atoms with E-state index in [2.05, 4.69) is 27.8 Å². The van der Waals surface area contributed by atoms with Crippen molar-refractivity contribution in [2.45, 2.75) is 13.5 Å². The van der Waals surface area contributed by atoms with E-state index in [1.165, 1.54) is 0 Å². The topological polar surface area (TPSA) is 50.8 Å². The van der Waals surface area contributed by atoms with Gasteiger partial charge in [-0.15, -0.1) is 0 Å². The number of rotatable bonds is 4. The molecule has 21 heavy (non-hydrogen) atoms. The second-order valence-electron chi connectivity index (χ2n) is 4.73. The Morgan fingerprint density at radius 1 is 1.29 bits per heavy atom. The Labute approximate surface area is 123 Å². The molecule has 0 saturated heterocycles. The molecule has 2 aromatic heterocycles. The Kier molecular flexibility index (Phi) is 3.57. The van der Waals surface area contributed by atoms with E-state index in [0.717, 1.165) is 22.2 Å². The molecule has 3 rings (SSSR count). The molecule has 0 bridgehead atoms. The van der Waals surface area contributed by atoms with Crippen LogP contribution < -0.4 is 4.74 Å². The lowest BCUT2D eigenvalue weighted by Crippen LogP contribution is -1.99. The largest absolute Gasteiger partial charge is 0.493 e. The summed E-state index contributed by atoms with van der Waals surface area (Å²) in [7, 11) is 0. The van der Waals surface area contributed by atoms with Crippen LogP contribution in [0.4, 0.5) is 0 Å². The molecule has 1 aromatic carbocycles. The first-order chi connectivity index (χ1) is 10.3. The molecule has 3 aromatic rings. The van der Waals surface area contributed by atoms with Crippen LogP contribution in [0.15, 0.2) is 48.8 Å². The van der Waals surface area contributed by atoms with Crippen molar-refractivity contribution in [2.75, 3.05) is 6.61 Å². The number of nitriles is 1. The van der Waals surface area contributed by atoms with Crippen LogP contribution in [0.3, 0.4) is 0 Å². The lowest BCUT2D eigenvalue weighted by Gasteiger charge is -2.08. The van der Waals surface area contributed by atoms with Crippen LogP contribution in [-0.2, 0) is 6.54 Å². The van der Waals surface area contributed by atoms with Gasteiger partial charge in [-0.25, -0.2) is 4.98 Å². The predicted octanol–water partition coefficient (Wildman–Crippen LogP) is 3.35. The fourth-order valence-corrected chi connectivity index (χ4v) is 2.44. The molecule has 0 radical (unpaired) electrons. The van der Waals surface area contributed by atoms with E-state index >= 15 is 0 Å². The van der Waals surface area contributed by atoms with E-state index < -0.39 is 0 Å². The minimum Gasteiger partial charge on any atom is -0.493 e. The second kappa shape index (κ2) is 5.68. The predicted molar refractivity (Wildman–Crippen MR) is 81.2 cm³/mol. The zero-order chi connectivity index (χ0) is 14.7. The van der Waals surface area contributed by atoms with E-state index in [9.17, 15) is 0 Å². The molecule has 0 amide bonds. The maximum Gasteiger partial charge on any atom is 0.140 e. The number of fused-ring (bicyclic) bond motifs is 1. The van der Waals surface area contributed by atoms with E-state index in [-0.39, 0.29) is 0 Å². The van der Waals surface area contributed by atoms with Crippen LogP contribution in [0.2, 0.25) is 0 Å². The molecule has 4 heteroatoms. The Morgan fingerprint density at radius 3 is 3.00 bits per heavy atom. The molecular weight excluding hydrogens is 262 g/mol. The second-order valence-corrected chi connectivity index (χ2v) is 4.73. The van der Waals surface area contributed by atoms with Gasteiger partial charge in [0.2, 0.25) is 0 Å². The van der Waals surface area contributed by atoms with Crippen LogP contribution in [0, 0.1) is 11.3 Å². The molecule has 0 fully saturated rings. The smallest absolute Gasteiger partial charge is 0.140 e. The molecule has 0 atom stereocenters. The highest BCUT2D eigenvalue weighted by Gasteiger charge is 2.07. The third-order valence-electron chi connectivity index (χ3n) is 3.37. The molecular formula is C17H15N3O. The summed E-state index contributed by atoms with van der Waals surface area (Å²) in [6.07, 6.45) is 3.71. The summed E-state index contributed by atoms with van der Waals surface area (Å²) in [4.78, 5) is 4.00. The van der Waals surface area contributed by atoms with Crippen molar-refractivity contribution < 1.29 is 4.74 Å². The molecule has 0 spiro atoms. The van der Waals surface area contributed by atoms with Crippen molar-refractivity contribution in [1.29, 1.82) is 5.26 Å². The first kappa shape index (κ1) is 13.2. The Hall–Kier alpha value is -2.80. The summed E-state index contributed by atoms with van der Waals surface area (Å²) >= 11 is 0. The van der Waals surface area contributed by atoms with Gasteiger partial charge in [0.1, 0.15) is 17.5 Å². The highest BCUT2D eigenvalue weighted by molar-refractivity contribution is 5.86. The van der Waals surface area contributed by atoms with E-state index in [0.29, 0.717) is 18.8 Å². The number of pyridine rings is 1. The fourth-order valence-electron chi connectivity index (χ4n) is 2.44. The number of ether oxygens (including phenoxy) is 1. The van der Waals surface area contributed by atoms with Crippen molar-refractivity contribution in [2.24, 2.45) is 0 Å². The summed E-state index contributed by atoms with van der Waals surface area (Å²) in [6, 6.07) is 13.9. The number of nitrogens with zero attached hydrogens (tertiary/aromatic N) is 3. The maximum absolute atomic E-state index is 8.92. The molecule has 4 nitrogen and oxygen atoms in total. The third-order valence-corrected chi connectivity index (χ3v) is 3.37. The monoisotopic (exact) mass is 277 g/mol. The lowest BCUT2D eigenvalue weighted by molar-refractivity contribution is 0.344. The van der Waals surface area contributed by atoms with Crippen molar-refractivity contribution in [1.82, 2.24) is 9.55 Å². The van der Waals surface area contributed by atoms with Gasteiger partial charge in [0.25, 0.3) is 0 Å². The minimum atomic E-state index is 0.443. The van der Waals surface area contributed by atoms with Crippen molar-refractivity contribution in [3.8, 4) is 11.8 Å². The van der Waals surface area contributed by atoms with Crippen LogP contribution >= 0.6 is 0 Å². The molecule has 0 aliphatic heterocycles. The Balaban J connectivity index is 1.98. The highest BCUT2D eigenvalue weighted by Crippen LogP contribution is 2.27. The van der Waals surface area contributed by atoms with Gasteiger partial charge in [-0.3, -0.25) is 0 Å². The molecule has 0 aliphatic rings. The summed E-state index contributed by atoms with van der Waals surface area (Å²) in [5, 5.41) is 10.0. The van der Waals surface area contributed by atoms with Crippen LogP contribution in [0.25, 0.3) is 10.9 Å². The quantitative estimate of drug-likeness (QED) is 0.734. The molecule has 0 unspecified atom stereocenters. The van der Waals surface area contributed by atoms with Gasteiger partial charge < -0.3 is 9.30 Å². The van der Waals surface area contributed by atoms with Crippen molar-refractivity contribution in [3.63, 3.8) is 0 Å². The summed E-state index contributed by atoms with van der Waals surface area (Å²) < 4.78 is 7.80. The van der Waals surface area contributed by atoms with Crippen LogP contribution in [0.5, 0.6) is 5.75 Å². The lowest BCUT2D eigenvalue weighted by atomic mass is 10.2. The van der Waals surface area contributed by atoms with Crippen LogP contribution in [-0.4, -0.2) is 16.2 Å². The van der Waals surface area contributed by atoms with E-state index in [4.69, 9.17) is 10.00 Å². The zero-order valence-corrected chi connectivity index (χ0v) is 11.8. The van der Waals surface area contributed by atoms with Gasteiger partial charge in [0, 0.05) is 24.3 Å². The van der Waals surface area contributed by atoms with E-state index in [1.807, 2.05) is 37.4 Å². The standard InChI is InChI=1S/C17H15N3O/c1-2-21-17-5-3-4-16-15(17)7-9-20(16)12-13-6-8-19-14(10-13)11-18/h3-10H,2,12H2,1H3. The average Bonchev–Trinajstić information content (AvgIpc) is 2.92. The van der Waals surface area contributed by atoms with Gasteiger partial charge in [0.05, 0.1) is 12.1 Å². The van der Waals surface area contributed by atoms with Crippen molar-refractivity contribution in [3.05, 3.63) is 60.0 Å². The van der Waals surface area contributed by atoms with Crippen LogP contribution in [0.1, 0.15) is 18.2 Å². The molecule has 0 saturated carbocycles. The molecule has 2 heterocycles. The number of aromatic nitrogens is 2. The van der Waals surface area contributed by atoms with E-state index in [1.54, 1.807) is 6.20 Å². The number of hydrogen-bond acceptors (Lipinski definition) is 3. The first-order valence-corrected chi connectivity index (χ1v) is 6.87. The maximum atomic E-state index is 8.92. The van der Waals surface area contributed by atoms with Crippen molar-refractivity contribution >= 4 is 10.9 Å². The zero-order valence-electron chi connectivity index (χ0n) is 11.8. The minimum absolute atomic E-state index is 0.443. The third kappa shape index (κ3) is 2.59. The van der Waals surface area contributed by atoms with Gasteiger partial charge >= 0.3 is 0 Å². The highest BCUT2D eigenvalue weighted by atomic mass is 16.5. The average molecular weight is 277 g/mol. The van der Waals surface area contributed by atoms with Gasteiger partial charge in [0.15, 0.2) is 0 Å². The van der Waals surface area contributed by atoms with Gasteiger partial charge in [-0.1, -0.05) is 6.07 Å². The SMILES string of the molecule is CCOc1cccc2c1ccn2Cc1ccnc(C#N)c1. The molecule has 0 aliphatic carbocycles. The molecule has 0 N–H and O–H groups in total. The Bertz CT molecular complexity index is 814. The van der Waals surface area contributed by atoms with Gasteiger partial charge in [-0.05, 0) is 42.8 Å². The first-order valence-electron chi connectivity index (χ1n) is 6.87. The summed E-state index contributed by atoms with van der Waals surface area (Å²) in [5.41, 5.74) is 2.62. The van der Waals surface area contributed by atoms with Gasteiger partial charge in [-0.2, -0.15) is 5.26 Å². The summed E-state index contributed by atoms with van der Waals surface area (Å²) in [6.45, 7) is 3.34. The number of hydrogen-bond donors (Lipinski definition) is 0. The Morgan fingerprint density at radius 2 is 2.19 bits per heavy atom. The number of benzene rings is 1. The fraction of sp³-hybridized carbons (Fsp3) is 0.176.